The van der Waals surface area contributed by atoms with E-state index in [9.17, 15) is 5.11 Å². The fraction of sp³-hybridized carbons (Fsp3) is 0.412. The van der Waals surface area contributed by atoms with E-state index in [4.69, 9.17) is 15.6 Å². The quantitative estimate of drug-likeness (QED) is 0.636. The Hall–Kier alpha value is -2.09. The molecule has 0 saturated carbocycles. The number of aromatic hydroxyl groups is 1. The van der Waals surface area contributed by atoms with Gasteiger partial charge in [-0.3, -0.25) is 0 Å². The predicted octanol–water partition coefficient (Wildman–Crippen LogP) is 1.69. The second kappa shape index (κ2) is 8.84. The van der Waals surface area contributed by atoms with Gasteiger partial charge in [-0.05, 0) is 37.6 Å². The molecule has 1 aromatic carbocycles. The highest BCUT2D eigenvalue weighted by Crippen LogP contribution is 2.38. The number of ether oxygens (including phenoxy) is 1. The molecule has 8 heteroatoms. The summed E-state index contributed by atoms with van der Waals surface area (Å²) in [6, 6.07) is 6.84. The molecule has 0 aliphatic carbocycles. The molecule has 0 amide bonds. The normalized spacial score (nSPS) is 16.9. The standard InChI is InChI=1S/C17H22N4O3.ClH/c18-17-20-12(11-3-2-6-19-10-11)9-13(21-17)16-14(23)4-1-5-15(16)24-8-7-22;/h1,4-5,9,11,19,22-23H,2-3,6-8,10H2,(H2,18,20,21);1H. The summed E-state index contributed by atoms with van der Waals surface area (Å²) >= 11 is 0. The smallest absolute Gasteiger partial charge is 0.220 e. The second-order valence-corrected chi connectivity index (χ2v) is 5.80. The van der Waals surface area contributed by atoms with Crippen molar-refractivity contribution in [1.29, 1.82) is 0 Å². The first-order chi connectivity index (χ1) is 11.7. The molecule has 1 unspecified atom stereocenters. The molecule has 1 fully saturated rings. The summed E-state index contributed by atoms with van der Waals surface area (Å²) in [5, 5.41) is 22.6. The third-order valence-electron chi connectivity index (χ3n) is 4.09. The van der Waals surface area contributed by atoms with E-state index in [-0.39, 0.29) is 43.2 Å². The van der Waals surface area contributed by atoms with Gasteiger partial charge in [0.25, 0.3) is 0 Å². The van der Waals surface area contributed by atoms with Crippen LogP contribution in [0.2, 0.25) is 0 Å². The first-order valence-electron chi connectivity index (χ1n) is 8.10. The number of benzene rings is 1. The lowest BCUT2D eigenvalue weighted by molar-refractivity contribution is 0.201. The summed E-state index contributed by atoms with van der Waals surface area (Å²) < 4.78 is 5.52. The van der Waals surface area contributed by atoms with E-state index >= 15 is 0 Å². The molecule has 1 aromatic heterocycles. The van der Waals surface area contributed by atoms with Crippen LogP contribution in [0.4, 0.5) is 5.95 Å². The van der Waals surface area contributed by atoms with E-state index in [1.807, 2.05) is 6.07 Å². The average molecular weight is 367 g/mol. The molecule has 1 aliphatic heterocycles. The number of nitrogens with zero attached hydrogens (tertiary/aromatic N) is 2. The van der Waals surface area contributed by atoms with Crippen molar-refractivity contribution in [1.82, 2.24) is 15.3 Å². The van der Waals surface area contributed by atoms with Crippen molar-refractivity contribution in [3.8, 4) is 22.8 Å². The molecule has 7 nitrogen and oxygen atoms in total. The Bertz CT molecular complexity index is 708. The molecular formula is C17H23ClN4O3. The lowest BCUT2D eigenvalue weighted by Crippen LogP contribution is -2.29. The average Bonchev–Trinajstić information content (AvgIpc) is 2.60. The number of nitrogen functional groups attached to an aromatic ring is 1. The first-order valence-corrected chi connectivity index (χ1v) is 8.10. The molecule has 1 atom stereocenters. The van der Waals surface area contributed by atoms with E-state index in [1.165, 1.54) is 0 Å². The zero-order valence-electron chi connectivity index (χ0n) is 13.8. The number of phenols is 1. The topological polar surface area (TPSA) is 114 Å². The number of aliphatic hydroxyl groups is 1. The van der Waals surface area contributed by atoms with E-state index in [0.29, 0.717) is 17.0 Å². The highest BCUT2D eigenvalue weighted by Gasteiger charge is 2.20. The van der Waals surface area contributed by atoms with Crippen molar-refractivity contribution in [3.05, 3.63) is 30.0 Å². The fourth-order valence-electron chi connectivity index (χ4n) is 2.98. The molecule has 2 heterocycles. The highest BCUT2D eigenvalue weighted by atomic mass is 35.5. The van der Waals surface area contributed by atoms with Crippen LogP contribution in [-0.2, 0) is 0 Å². The lowest BCUT2D eigenvalue weighted by atomic mass is 9.95. The molecule has 5 N–H and O–H groups in total. The number of nitrogens with two attached hydrogens (primary N) is 1. The van der Waals surface area contributed by atoms with Crippen LogP contribution in [0.3, 0.4) is 0 Å². The summed E-state index contributed by atoms with van der Waals surface area (Å²) in [7, 11) is 0. The van der Waals surface area contributed by atoms with Crippen molar-refractivity contribution in [2.45, 2.75) is 18.8 Å². The summed E-state index contributed by atoms with van der Waals surface area (Å²) in [5.74, 6) is 0.950. The maximum atomic E-state index is 10.3. The number of rotatable bonds is 5. The van der Waals surface area contributed by atoms with Crippen LogP contribution in [0.1, 0.15) is 24.5 Å². The van der Waals surface area contributed by atoms with Crippen molar-refractivity contribution in [2.75, 3.05) is 32.0 Å². The van der Waals surface area contributed by atoms with Crippen LogP contribution in [-0.4, -0.2) is 46.5 Å². The van der Waals surface area contributed by atoms with Gasteiger partial charge in [-0.1, -0.05) is 6.07 Å². The molecule has 1 aliphatic rings. The van der Waals surface area contributed by atoms with E-state index in [2.05, 4.69) is 15.3 Å². The second-order valence-electron chi connectivity index (χ2n) is 5.80. The van der Waals surface area contributed by atoms with Crippen LogP contribution in [0.5, 0.6) is 11.5 Å². The third-order valence-corrected chi connectivity index (χ3v) is 4.09. The molecule has 1 saturated heterocycles. The molecular weight excluding hydrogens is 344 g/mol. The maximum Gasteiger partial charge on any atom is 0.220 e. The van der Waals surface area contributed by atoms with Gasteiger partial charge in [0.05, 0.1) is 23.6 Å². The summed E-state index contributed by atoms with van der Waals surface area (Å²) in [5.41, 5.74) is 7.75. The molecule has 25 heavy (non-hydrogen) atoms. The van der Waals surface area contributed by atoms with Crippen molar-refractivity contribution >= 4 is 18.4 Å². The van der Waals surface area contributed by atoms with Gasteiger partial charge in [-0.2, -0.15) is 0 Å². The molecule has 0 radical (unpaired) electrons. The minimum atomic E-state index is -0.111. The van der Waals surface area contributed by atoms with E-state index in [0.717, 1.165) is 31.6 Å². The number of hydrogen-bond donors (Lipinski definition) is 4. The van der Waals surface area contributed by atoms with Gasteiger partial charge in [0.15, 0.2) is 0 Å². The van der Waals surface area contributed by atoms with Gasteiger partial charge in [0, 0.05) is 12.5 Å². The Morgan fingerprint density at radius 1 is 1.32 bits per heavy atom. The van der Waals surface area contributed by atoms with E-state index in [1.54, 1.807) is 18.2 Å². The Morgan fingerprint density at radius 3 is 2.88 bits per heavy atom. The summed E-state index contributed by atoms with van der Waals surface area (Å²) in [6.07, 6.45) is 2.13. The molecule has 3 rings (SSSR count). The number of hydrogen-bond acceptors (Lipinski definition) is 7. The zero-order chi connectivity index (χ0) is 16.9. The zero-order valence-corrected chi connectivity index (χ0v) is 14.6. The van der Waals surface area contributed by atoms with E-state index < -0.39 is 0 Å². The maximum absolute atomic E-state index is 10.3. The lowest BCUT2D eigenvalue weighted by Gasteiger charge is -2.23. The predicted molar refractivity (Wildman–Crippen MR) is 98.2 cm³/mol. The van der Waals surface area contributed by atoms with Crippen LogP contribution in [0.15, 0.2) is 24.3 Å². The summed E-state index contributed by atoms with van der Waals surface area (Å²) in [6.45, 7) is 1.89. The minimum absolute atomic E-state index is 0. The van der Waals surface area contributed by atoms with Crippen LogP contribution >= 0.6 is 12.4 Å². The first kappa shape index (κ1) is 19.2. The number of phenolic OH excluding ortho intramolecular Hbond substituents is 1. The van der Waals surface area contributed by atoms with Crippen molar-refractivity contribution in [3.63, 3.8) is 0 Å². The van der Waals surface area contributed by atoms with Gasteiger partial charge in [-0.15, -0.1) is 12.4 Å². The molecule has 0 bridgehead atoms. The number of nitrogens with one attached hydrogen (secondary N) is 1. The molecule has 136 valence electrons. The molecule has 2 aromatic rings. The van der Waals surface area contributed by atoms with Gasteiger partial charge in [-0.25, -0.2) is 9.97 Å². The SMILES string of the molecule is Cl.Nc1nc(-c2c(O)cccc2OCCO)cc(C2CCCNC2)n1. The largest absolute Gasteiger partial charge is 0.507 e. The third kappa shape index (κ3) is 4.50. The molecule has 0 spiro atoms. The van der Waals surface area contributed by atoms with Crippen LogP contribution < -0.4 is 15.8 Å². The Balaban J connectivity index is 0.00000225. The Morgan fingerprint density at radius 2 is 2.16 bits per heavy atom. The number of aliphatic hydroxyl groups excluding tert-OH is 1. The van der Waals surface area contributed by atoms with Crippen LogP contribution in [0.25, 0.3) is 11.3 Å². The van der Waals surface area contributed by atoms with Gasteiger partial charge < -0.3 is 26.0 Å². The van der Waals surface area contributed by atoms with Crippen molar-refractivity contribution < 1.29 is 14.9 Å². The van der Waals surface area contributed by atoms with Gasteiger partial charge in [0.2, 0.25) is 5.95 Å². The fourth-order valence-corrected chi connectivity index (χ4v) is 2.98. The number of piperidine rings is 1. The highest BCUT2D eigenvalue weighted by molar-refractivity contribution is 5.85. The summed E-state index contributed by atoms with van der Waals surface area (Å²) in [4.78, 5) is 8.64. The Kier molecular flexibility index (Phi) is 6.81. The van der Waals surface area contributed by atoms with Crippen molar-refractivity contribution in [2.24, 2.45) is 0 Å². The van der Waals surface area contributed by atoms with Gasteiger partial charge in [0.1, 0.15) is 18.1 Å². The minimum Gasteiger partial charge on any atom is -0.507 e. The Labute approximate surface area is 152 Å². The monoisotopic (exact) mass is 366 g/mol. The van der Waals surface area contributed by atoms with Crippen LogP contribution in [0, 0.1) is 0 Å². The number of halogens is 1. The van der Waals surface area contributed by atoms with Gasteiger partial charge >= 0.3 is 0 Å². The number of aromatic nitrogens is 2. The number of anilines is 1.